The van der Waals surface area contributed by atoms with Gasteiger partial charge in [0.2, 0.25) is 5.89 Å². The zero-order chi connectivity index (χ0) is 17.8. The van der Waals surface area contributed by atoms with Crippen LogP contribution in [0, 0.1) is 12.7 Å². The van der Waals surface area contributed by atoms with Crippen molar-refractivity contribution in [2.45, 2.75) is 33.4 Å². The van der Waals surface area contributed by atoms with E-state index in [0.29, 0.717) is 18.3 Å². The number of hydrogen-bond acceptors (Lipinski definition) is 6. The predicted molar refractivity (Wildman–Crippen MR) is 95.0 cm³/mol. The van der Waals surface area contributed by atoms with Crippen LogP contribution < -0.4 is 10.2 Å². The minimum atomic E-state index is -0.215. The second-order valence-corrected chi connectivity index (χ2v) is 6.46. The third kappa shape index (κ3) is 4.35. The van der Waals surface area contributed by atoms with Gasteiger partial charge in [-0.3, -0.25) is 0 Å². The molecule has 1 aromatic carbocycles. The Morgan fingerprint density at radius 2 is 2.04 bits per heavy atom. The number of likely N-dealkylation sites (N-methyl/N-ethyl adjacent to an activating group) is 1. The highest BCUT2D eigenvalue weighted by Crippen LogP contribution is 2.28. The molecule has 0 radical (unpaired) electrons. The molecule has 3 rings (SSSR count). The third-order valence-corrected chi connectivity index (χ3v) is 4.75. The Kier molecular flexibility index (Phi) is 5.65. The molecule has 7 heteroatoms. The van der Waals surface area contributed by atoms with E-state index < -0.39 is 0 Å². The molecule has 1 aromatic heterocycles. The van der Waals surface area contributed by atoms with Gasteiger partial charge in [0.25, 0.3) is 0 Å². The van der Waals surface area contributed by atoms with E-state index in [4.69, 9.17) is 4.52 Å². The van der Waals surface area contributed by atoms with E-state index in [0.717, 1.165) is 44.0 Å². The van der Waals surface area contributed by atoms with Crippen LogP contribution in [0.25, 0.3) is 0 Å². The van der Waals surface area contributed by atoms with Crippen molar-refractivity contribution >= 4 is 5.69 Å². The molecule has 2 aromatic rings. The largest absolute Gasteiger partial charge is 0.369 e. The van der Waals surface area contributed by atoms with Crippen LogP contribution in [0.2, 0.25) is 0 Å². The highest BCUT2D eigenvalue weighted by atomic mass is 19.1. The van der Waals surface area contributed by atoms with E-state index in [9.17, 15) is 4.39 Å². The van der Waals surface area contributed by atoms with Gasteiger partial charge in [-0.15, -0.1) is 0 Å². The molecule has 1 N–H and O–H groups in total. The number of aryl methyl sites for hydroxylation is 1. The molecular weight excluding hydrogens is 321 g/mol. The summed E-state index contributed by atoms with van der Waals surface area (Å²) in [5.74, 6) is 0.941. The Bertz CT molecular complexity index is 697. The van der Waals surface area contributed by atoms with Crippen LogP contribution in [-0.4, -0.2) is 47.8 Å². The lowest BCUT2D eigenvalue weighted by Crippen LogP contribution is -2.46. The average molecular weight is 347 g/mol. The first kappa shape index (κ1) is 17.8. The normalized spacial score (nSPS) is 17.0. The Labute approximate surface area is 148 Å². The first-order valence-corrected chi connectivity index (χ1v) is 8.86. The number of anilines is 1. The fraction of sp³-hybridized carbons (Fsp3) is 0.556. The number of nitrogens with one attached hydrogen (secondary N) is 1. The Balaban J connectivity index is 1.72. The minimum Gasteiger partial charge on any atom is -0.369 e. The molecule has 0 bridgehead atoms. The van der Waals surface area contributed by atoms with Crippen molar-refractivity contribution in [2.24, 2.45) is 0 Å². The fourth-order valence-electron chi connectivity index (χ4n) is 3.23. The molecule has 1 aliphatic rings. The predicted octanol–water partition coefficient (Wildman–Crippen LogP) is 2.51. The van der Waals surface area contributed by atoms with E-state index in [-0.39, 0.29) is 11.9 Å². The van der Waals surface area contributed by atoms with Gasteiger partial charge < -0.3 is 19.6 Å². The SMILES string of the molecule is CCN1CCN(c2ccc(F)cc2[C@H](C)NCc2nc(C)no2)CC1. The summed E-state index contributed by atoms with van der Waals surface area (Å²) in [5, 5.41) is 7.14. The molecule has 136 valence electrons. The van der Waals surface area contributed by atoms with Gasteiger partial charge in [-0.2, -0.15) is 4.98 Å². The topological polar surface area (TPSA) is 57.4 Å². The number of aromatic nitrogens is 2. The van der Waals surface area contributed by atoms with Crippen LogP contribution in [0.5, 0.6) is 0 Å². The smallest absolute Gasteiger partial charge is 0.240 e. The number of piperazine rings is 1. The van der Waals surface area contributed by atoms with Crippen LogP contribution in [-0.2, 0) is 6.54 Å². The van der Waals surface area contributed by atoms with Crippen molar-refractivity contribution < 1.29 is 8.91 Å². The molecular formula is C18H26FN5O. The van der Waals surface area contributed by atoms with Gasteiger partial charge in [-0.05, 0) is 44.2 Å². The lowest BCUT2D eigenvalue weighted by Gasteiger charge is -2.37. The molecule has 1 saturated heterocycles. The monoisotopic (exact) mass is 347 g/mol. The van der Waals surface area contributed by atoms with Crippen LogP contribution in [0.1, 0.15) is 37.2 Å². The highest BCUT2D eigenvalue weighted by Gasteiger charge is 2.21. The number of hydrogen-bond donors (Lipinski definition) is 1. The van der Waals surface area contributed by atoms with Gasteiger partial charge in [-0.1, -0.05) is 12.1 Å². The minimum absolute atomic E-state index is 0.0258. The summed E-state index contributed by atoms with van der Waals surface area (Å²) < 4.78 is 19.0. The quantitative estimate of drug-likeness (QED) is 0.866. The second kappa shape index (κ2) is 7.93. The summed E-state index contributed by atoms with van der Waals surface area (Å²) in [6.45, 7) is 11.5. The fourth-order valence-corrected chi connectivity index (χ4v) is 3.23. The summed E-state index contributed by atoms with van der Waals surface area (Å²) in [6, 6.07) is 5.03. The highest BCUT2D eigenvalue weighted by molar-refractivity contribution is 5.55. The molecule has 1 fully saturated rings. The average Bonchev–Trinajstić information content (AvgIpc) is 3.05. The van der Waals surface area contributed by atoms with Crippen molar-refractivity contribution in [3.63, 3.8) is 0 Å². The van der Waals surface area contributed by atoms with Crippen LogP contribution in [0.4, 0.5) is 10.1 Å². The van der Waals surface area contributed by atoms with Gasteiger partial charge in [0.15, 0.2) is 5.82 Å². The van der Waals surface area contributed by atoms with Crippen molar-refractivity contribution in [2.75, 3.05) is 37.6 Å². The van der Waals surface area contributed by atoms with Crippen LogP contribution in [0.15, 0.2) is 22.7 Å². The Morgan fingerprint density at radius 3 is 2.68 bits per heavy atom. The maximum Gasteiger partial charge on any atom is 0.240 e. The maximum atomic E-state index is 13.9. The summed E-state index contributed by atoms with van der Waals surface area (Å²) in [5.41, 5.74) is 2.06. The Hall–Kier alpha value is -1.99. The van der Waals surface area contributed by atoms with Crippen molar-refractivity contribution in [3.05, 3.63) is 41.3 Å². The van der Waals surface area contributed by atoms with Gasteiger partial charge in [-0.25, -0.2) is 4.39 Å². The first-order chi connectivity index (χ1) is 12.1. The third-order valence-electron chi connectivity index (χ3n) is 4.75. The molecule has 1 atom stereocenters. The Morgan fingerprint density at radius 1 is 1.28 bits per heavy atom. The zero-order valence-corrected chi connectivity index (χ0v) is 15.1. The van der Waals surface area contributed by atoms with E-state index >= 15 is 0 Å². The lowest BCUT2D eigenvalue weighted by atomic mass is 10.0. The summed E-state index contributed by atoms with van der Waals surface area (Å²) in [7, 11) is 0. The number of rotatable bonds is 6. The van der Waals surface area contributed by atoms with Crippen LogP contribution >= 0.6 is 0 Å². The summed E-state index contributed by atoms with van der Waals surface area (Å²) in [4.78, 5) is 8.97. The van der Waals surface area contributed by atoms with Gasteiger partial charge in [0.1, 0.15) is 5.82 Å². The zero-order valence-electron chi connectivity index (χ0n) is 15.1. The molecule has 0 amide bonds. The van der Waals surface area contributed by atoms with Gasteiger partial charge in [0, 0.05) is 37.9 Å². The molecule has 2 heterocycles. The van der Waals surface area contributed by atoms with Crippen molar-refractivity contribution in [1.29, 1.82) is 0 Å². The molecule has 0 saturated carbocycles. The summed E-state index contributed by atoms with van der Waals surface area (Å²) >= 11 is 0. The van der Waals surface area contributed by atoms with Crippen molar-refractivity contribution in [3.8, 4) is 0 Å². The van der Waals surface area contributed by atoms with Crippen molar-refractivity contribution in [1.82, 2.24) is 20.4 Å². The molecule has 0 unspecified atom stereocenters. The molecule has 25 heavy (non-hydrogen) atoms. The molecule has 0 aliphatic carbocycles. The first-order valence-electron chi connectivity index (χ1n) is 8.86. The standard InChI is InChI=1S/C18H26FN5O/c1-4-23-7-9-24(10-8-23)17-6-5-15(19)11-16(17)13(2)20-12-18-21-14(3)22-25-18/h5-6,11,13,20H,4,7-10,12H2,1-3H3/t13-/m0/s1. The maximum absolute atomic E-state index is 13.9. The number of benzene rings is 1. The molecule has 0 spiro atoms. The summed E-state index contributed by atoms with van der Waals surface area (Å²) in [6.07, 6.45) is 0. The molecule has 6 nitrogen and oxygen atoms in total. The lowest BCUT2D eigenvalue weighted by molar-refractivity contribution is 0.271. The van der Waals surface area contributed by atoms with Gasteiger partial charge in [0.05, 0.1) is 6.54 Å². The van der Waals surface area contributed by atoms with Gasteiger partial charge >= 0.3 is 0 Å². The van der Waals surface area contributed by atoms with E-state index in [1.807, 2.05) is 13.0 Å². The number of halogens is 1. The van der Waals surface area contributed by atoms with E-state index in [2.05, 4.69) is 32.2 Å². The van der Waals surface area contributed by atoms with E-state index in [1.54, 1.807) is 19.1 Å². The second-order valence-electron chi connectivity index (χ2n) is 6.46. The number of nitrogens with zero attached hydrogens (tertiary/aromatic N) is 4. The van der Waals surface area contributed by atoms with E-state index in [1.165, 1.54) is 0 Å². The van der Waals surface area contributed by atoms with Crippen LogP contribution in [0.3, 0.4) is 0 Å². The molecule has 1 aliphatic heterocycles.